The van der Waals surface area contributed by atoms with Crippen molar-refractivity contribution in [2.45, 2.75) is 38.0 Å². The monoisotopic (exact) mass is 469 g/mol. The second-order valence-corrected chi connectivity index (χ2v) is 8.84. The van der Waals surface area contributed by atoms with Crippen LogP contribution in [0.3, 0.4) is 0 Å². The SMILES string of the molecule is CCCNC(=O)C1COC2(CCN(C(=O)c3ccc(Cl)cc3)CC2)N1C(=O)c1ccccc1. The number of hydrogen-bond donors (Lipinski definition) is 1. The first-order valence-corrected chi connectivity index (χ1v) is 11.7. The molecule has 2 saturated heterocycles. The summed E-state index contributed by atoms with van der Waals surface area (Å²) in [5, 5.41) is 3.47. The van der Waals surface area contributed by atoms with Crippen LogP contribution < -0.4 is 5.32 Å². The Bertz CT molecular complexity index is 1000. The van der Waals surface area contributed by atoms with Gasteiger partial charge in [-0.2, -0.15) is 0 Å². The van der Waals surface area contributed by atoms with Gasteiger partial charge in [0.05, 0.1) is 6.61 Å². The van der Waals surface area contributed by atoms with Gasteiger partial charge in [0.1, 0.15) is 11.8 Å². The van der Waals surface area contributed by atoms with Crippen LogP contribution >= 0.6 is 11.6 Å². The number of rotatable bonds is 5. The minimum absolute atomic E-state index is 0.0855. The highest BCUT2D eigenvalue weighted by Gasteiger charge is 2.54. The molecule has 7 nitrogen and oxygen atoms in total. The van der Waals surface area contributed by atoms with Gasteiger partial charge in [-0.15, -0.1) is 0 Å². The number of nitrogens with zero attached hydrogens (tertiary/aromatic N) is 2. The predicted octanol–water partition coefficient (Wildman–Crippen LogP) is 3.34. The molecule has 33 heavy (non-hydrogen) atoms. The van der Waals surface area contributed by atoms with Gasteiger partial charge >= 0.3 is 0 Å². The van der Waals surface area contributed by atoms with Crippen LogP contribution in [0, 0.1) is 0 Å². The first kappa shape index (κ1) is 23.3. The fourth-order valence-corrected chi connectivity index (χ4v) is 4.61. The highest BCUT2D eigenvalue weighted by atomic mass is 35.5. The van der Waals surface area contributed by atoms with Crippen molar-refractivity contribution in [1.82, 2.24) is 15.1 Å². The Hall–Kier alpha value is -2.90. The summed E-state index contributed by atoms with van der Waals surface area (Å²) in [5.41, 5.74) is 0.157. The van der Waals surface area contributed by atoms with E-state index in [4.69, 9.17) is 16.3 Å². The van der Waals surface area contributed by atoms with Gasteiger partial charge in [0.2, 0.25) is 5.91 Å². The van der Waals surface area contributed by atoms with Gasteiger partial charge in [0.25, 0.3) is 11.8 Å². The van der Waals surface area contributed by atoms with E-state index in [-0.39, 0.29) is 24.3 Å². The summed E-state index contributed by atoms with van der Waals surface area (Å²) in [4.78, 5) is 42.8. The number of halogens is 1. The number of hydrogen-bond acceptors (Lipinski definition) is 4. The van der Waals surface area contributed by atoms with Crippen LogP contribution in [0.25, 0.3) is 0 Å². The van der Waals surface area contributed by atoms with Crippen molar-refractivity contribution >= 4 is 29.3 Å². The fraction of sp³-hybridized carbons (Fsp3) is 0.400. The summed E-state index contributed by atoms with van der Waals surface area (Å²) in [5.74, 6) is -0.530. The van der Waals surface area contributed by atoms with Crippen LogP contribution in [0.1, 0.15) is 46.9 Å². The van der Waals surface area contributed by atoms with Crippen LogP contribution in [-0.2, 0) is 9.53 Å². The molecule has 2 heterocycles. The highest BCUT2D eigenvalue weighted by molar-refractivity contribution is 6.30. The second-order valence-electron chi connectivity index (χ2n) is 8.40. The molecule has 1 spiro atoms. The van der Waals surface area contributed by atoms with Gasteiger partial charge in [-0.25, -0.2) is 0 Å². The van der Waals surface area contributed by atoms with Gasteiger partial charge in [-0.3, -0.25) is 19.3 Å². The number of amides is 3. The Morgan fingerprint density at radius 1 is 1.00 bits per heavy atom. The normalized spacial score (nSPS) is 19.5. The lowest BCUT2D eigenvalue weighted by Crippen LogP contribution is -2.59. The molecule has 2 aliphatic rings. The summed E-state index contributed by atoms with van der Waals surface area (Å²) >= 11 is 5.94. The van der Waals surface area contributed by atoms with Crippen LogP contribution in [-0.4, -0.2) is 65.5 Å². The van der Waals surface area contributed by atoms with Crippen molar-refractivity contribution in [2.24, 2.45) is 0 Å². The molecule has 2 aliphatic heterocycles. The van der Waals surface area contributed by atoms with Crippen molar-refractivity contribution < 1.29 is 19.1 Å². The third kappa shape index (κ3) is 4.75. The van der Waals surface area contributed by atoms with E-state index in [0.717, 1.165) is 6.42 Å². The smallest absolute Gasteiger partial charge is 0.256 e. The Labute approximate surface area is 198 Å². The highest BCUT2D eigenvalue weighted by Crippen LogP contribution is 2.38. The van der Waals surface area contributed by atoms with E-state index in [9.17, 15) is 14.4 Å². The minimum Gasteiger partial charge on any atom is -0.354 e. The summed E-state index contributed by atoms with van der Waals surface area (Å²) in [7, 11) is 0. The van der Waals surface area contributed by atoms with E-state index in [1.165, 1.54) is 0 Å². The first-order chi connectivity index (χ1) is 15.9. The molecule has 0 radical (unpaired) electrons. The van der Waals surface area contributed by atoms with E-state index in [1.807, 2.05) is 13.0 Å². The average Bonchev–Trinajstić information content (AvgIpc) is 3.21. The molecule has 1 atom stereocenters. The van der Waals surface area contributed by atoms with Crippen LogP contribution in [0.5, 0.6) is 0 Å². The molecule has 0 aromatic heterocycles. The predicted molar refractivity (Wildman–Crippen MR) is 125 cm³/mol. The zero-order valence-corrected chi connectivity index (χ0v) is 19.4. The molecule has 3 amide bonds. The lowest BCUT2D eigenvalue weighted by Gasteiger charge is -2.44. The molecular weight excluding hydrogens is 442 g/mol. The lowest BCUT2D eigenvalue weighted by atomic mass is 9.96. The molecule has 2 aromatic carbocycles. The number of carbonyl (C=O) groups is 3. The summed E-state index contributed by atoms with van der Waals surface area (Å²) in [6, 6.07) is 15.0. The van der Waals surface area contributed by atoms with Crippen molar-refractivity contribution in [3.05, 3.63) is 70.7 Å². The molecule has 2 aromatic rings. The van der Waals surface area contributed by atoms with Crippen molar-refractivity contribution in [3.8, 4) is 0 Å². The van der Waals surface area contributed by atoms with Crippen LogP contribution in [0.2, 0.25) is 5.02 Å². The van der Waals surface area contributed by atoms with E-state index in [2.05, 4.69) is 5.32 Å². The van der Waals surface area contributed by atoms with Gasteiger partial charge in [-0.05, 0) is 42.8 Å². The Morgan fingerprint density at radius 2 is 1.64 bits per heavy atom. The minimum atomic E-state index is -0.919. The second kappa shape index (κ2) is 9.93. The molecule has 174 valence electrons. The zero-order chi connectivity index (χ0) is 23.4. The summed E-state index contributed by atoms with van der Waals surface area (Å²) < 4.78 is 6.19. The average molecular weight is 470 g/mol. The Balaban J connectivity index is 1.55. The quantitative estimate of drug-likeness (QED) is 0.728. The number of carbonyl (C=O) groups excluding carboxylic acids is 3. The number of benzene rings is 2. The Morgan fingerprint density at radius 3 is 2.27 bits per heavy atom. The molecular formula is C25H28ClN3O4. The molecule has 1 unspecified atom stereocenters. The first-order valence-electron chi connectivity index (χ1n) is 11.3. The maximum Gasteiger partial charge on any atom is 0.256 e. The molecule has 0 saturated carbocycles. The van der Waals surface area contributed by atoms with Gasteiger partial charge in [0.15, 0.2) is 0 Å². The summed E-state index contributed by atoms with van der Waals surface area (Å²) in [6.45, 7) is 3.50. The van der Waals surface area contributed by atoms with E-state index < -0.39 is 11.8 Å². The maximum absolute atomic E-state index is 13.6. The number of piperidine rings is 1. The molecule has 0 aliphatic carbocycles. The van der Waals surface area contributed by atoms with E-state index in [1.54, 1.807) is 58.3 Å². The van der Waals surface area contributed by atoms with Crippen LogP contribution in [0.4, 0.5) is 0 Å². The molecule has 0 bridgehead atoms. The topological polar surface area (TPSA) is 79.0 Å². The van der Waals surface area contributed by atoms with Gasteiger partial charge in [-0.1, -0.05) is 36.7 Å². The van der Waals surface area contributed by atoms with Crippen molar-refractivity contribution in [2.75, 3.05) is 26.2 Å². The standard InChI is InChI=1S/C25H28ClN3O4/c1-2-14-27-22(30)21-17-33-25(29(21)24(32)18-6-4-3-5-7-18)12-15-28(16-13-25)23(31)19-8-10-20(26)11-9-19/h3-11,21H,2,12-17H2,1H3,(H,27,30). The molecule has 1 N–H and O–H groups in total. The number of ether oxygens (including phenoxy) is 1. The van der Waals surface area contributed by atoms with Crippen molar-refractivity contribution in [1.29, 1.82) is 0 Å². The fourth-order valence-electron chi connectivity index (χ4n) is 4.49. The lowest BCUT2D eigenvalue weighted by molar-refractivity contribution is -0.128. The van der Waals surface area contributed by atoms with Crippen LogP contribution in [0.15, 0.2) is 54.6 Å². The van der Waals surface area contributed by atoms with E-state index >= 15 is 0 Å². The van der Waals surface area contributed by atoms with E-state index in [0.29, 0.717) is 48.6 Å². The van der Waals surface area contributed by atoms with Gasteiger partial charge in [0, 0.05) is 48.6 Å². The third-order valence-electron chi connectivity index (χ3n) is 6.28. The third-order valence-corrected chi connectivity index (χ3v) is 6.53. The summed E-state index contributed by atoms with van der Waals surface area (Å²) in [6.07, 6.45) is 1.67. The van der Waals surface area contributed by atoms with Crippen molar-refractivity contribution in [3.63, 3.8) is 0 Å². The largest absolute Gasteiger partial charge is 0.354 e. The number of likely N-dealkylation sites (tertiary alicyclic amines) is 1. The van der Waals surface area contributed by atoms with Gasteiger partial charge < -0.3 is 15.0 Å². The number of nitrogens with one attached hydrogen (secondary N) is 1. The zero-order valence-electron chi connectivity index (χ0n) is 18.6. The Kier molecular flexibility index (Phi) is 7.00. The molecule has 8 heteroatoms. The molecule has 2 fully saturated rings. The maximum atomic E-state index is 13.6. The molecule has 4 rings (SSSR count).